The average molecular weight is 305 g/mol. The largest absolute Gasteiger partial charge is 0.339 e. The number of hydrogen-bond donors (Lipinski definition) is 1. The minimum Gasteiger partial charge on any atom is -0.339 e. The highest BCUT2D eigenvalue weighted by Gasteiger charge is 2.31. The maximum Gasteiger partial charge on any atom is 0.227 e. The number of likely N-dealkylation sites (tertiary alicyclic amines) is 1. The molecule has 1 heterocycles. The van der Waals surface area contributed by atoms with Crippen LogP contribution in [-0.2, 0) is 11.2 Å². The third kappa shape index (κ3) is 3.67. The Balaban J connectivity index is 0.00000200. The van der Waals surface area contributed by atoms with E-state index < -0.39 is 11.6 Å². The number of nitrogens with two attached hydrogens (primary N) is 1. The minimum atomic E-state index is -0.544. The van der Waals surface area contributed by atoms with E-state index in [-0.39, 0.29) is 36.3 Å². The molecule has 0 bridgehead atoms. The zero-order chi connectivity index (χ0) is 14.0. The number of nitrogens with zero attached hydrogens (tertiary/aromatic N) is 1. The Bertz CT molecular complexity index is 484. The van der Waals surface area contributed by atoms with Crippen LogP contribution < -0.4 is 5.73 Å². The molecule has 0 aromatic heterocycles. The van der Waals surface area contributed by atoms with Gasteiger partial charge in [0.2, 0.25) is 5.91 Å². The lowest BCUT2D eigenvalue weighted by atomic mass is 10.1. The Kier molecular flexibility index (Phi) is 5.89. The molecule has 2 N–H and O–H groups in total. The van der Waals surface area contributed by atoms with Crippen molar-refractivity contribution in [1.82, 2.24) is 4.90 Å². The number of halogens is 3. The molecule has 3 nitrogen and oxygen atoms in total. The Hall–Kier alpha value is -1.20. The van der Waals surface area contributed by atoms with Crippen LogP contribution in [0.25, 0.3) is 0 Å². The fraction of sp³-hybridized carbons (Fsp3) is 0.500. The number of rotatable bonds is 3. The van der Waals surface area contributed by atoms with Crippen molar-refractivity contribution in [2.75, 3.05) is 13.1 Å². The van der Waals surface area contributed by atoms with Crippen LogP contribution >= 0.6 is 12.4 Å². The Morgan fingerprint density at radius 3 is 2.75 bits per heavy atom. The quantitative estimate of drug-likeness (QED) is 0.930. The summed E-state index contributed by atoms with van der Waals surface area (Å²) in [5.74, 6) is -0.945. The molecule has 0 spiro atoms. The summed E-state index contributed by atoms with van der Waals surface area (Å²) >= 11 is 0. The van der Waals surface area contributed by atoms with E-state index in [0.29, 0.717) is 19.0 Å². The molecule has 2 atom stereocenters. The van der Waals surface area contributed by atoms with Crippen molar-refractivity contribution in [2.24, 2.45) is 11.7 Å². The molecule has 0 radical (unpaired) electrons. The summed E-state index contributed by atoms with van der Waals surface area (Å²) in [6.45, 7) is 3.10. The zero-order valence-electron chi connectivity index (χ0n) is 11.3. The van der Waals surface area contributed by atoms with Crippen molar-refractivity contribution in [3.8, 4) is 0 Å². The summed E-state index contributed by atoms with van der Waals surface area (Å²) in [5.41, 5.74) is 5.71. The first-order chi connectivity index (χ1) is 9.01. The van der Waals surface area contributed by atoms with E-state index in [1.807, 2.05) is 6.92 Å². The van der Waals surface area contributed by atoms with E-state index in [4.69, 9.17) is 5.73 Å². The normalized spacial score (nSPS) is 21.7. The molecule has 112 valence electrons. The van der Waals surface area contributed by atoms with E-state index in [2.05, 4.69) is 0 Å². The van der Waals surface area contributed by atoms with Gasteiger partial charge in [-0.3, -0.25) is 4.79 Å². The van der Waals surface area contributed by atoms with E-state index in [1.165, 1.54) is 0 Å². The second-order valence-corrected chi connectivity index (χ2v) is 5.15. The number of benzene rings is 1. The minimum absolute atomic E-state index is 0. The number of amides is 1. The number of hydrogen-bond acceptors (Lipinski definition) is 2. The summed E-state index contributed by atoms with van der Waals surface area (Å²) in [5, 5.41) is 0. The van der Waals surface area contributed by atoms with Gasteiger partial charge < -0.3 is 10.6 Å². The van der Waals surface area contributed by atoms with Crippen molar-refractivity contribution in [2.45, 2.75) is 25.8 Å². The van der Waals surface area contributed by atoms with E-state index in [9.17, 15) is 13.6 Å². The van der Waals surface area contributed by atoms with Gasteiger partial charge in [0.1, 0.15) is 11.6 Å². The molecule has 1 amide bonds. The smallest absolute Gasteiger partial charge is 0.227 e. The Morgan fingerprint density at radius 2 is 2.15 bits per heavy atom. The van der Waals surface area contributed by atoms with Gasteiger partial charge >= 0.3 is 0 Å². The molecule has 1 aliphatic heterocycles. The summed E-state index contributed by atoms with van der Waals surface area (Å²) in [6, 6.07) is 3.28. The second-order valence-electron chi connectivity index (χ2n) is 5.15. The van der Waals surface area contributed by atoms with Gasteiger partial charge in [-0.15, -0.1) is 12.4 Å². The first kappa shape index (κ1) is 16.9. The highest BCUT2D eigenvalue weighted by Crippen LogP contribution is 2.23. The molecule has 1 aromatic rings. The van der Waals surface area contributed by atoms with Crippen LogP contribution in [0.15, 0.2) is 18.2 Å². The van der Waals surface area contributed by atoms with Crippen LogP contribution in [0.3, 0.4) is 0 Å². The van der Waals surface area contributed by atoms with Crippen molar-refractivity contribution < 1.29 is 13.6 Å². The summed E-state index contributed by atoms with van der Waals surface area (Å²) < 4.78 is 26.6. The van der Waals surface area contributed by atoms with E-state index in [0.717, 1.165) is 24.6 Å². The van der Waals surface area contributed by atoms with Crippen LogP contribution in [0.5, 0.6) is 0 Å². The third-order valence-electron chi connectivity index (χ3n) is 3.66. The second kappa shape index (κ2) is 6.99. The molecule has 1 saturated heterocycles. The van der Waals surface area contributed by atoms with Crippen LogP contribution in [0, 0.1) is 17.6 Å². The van der Waals surface area contributed by atoms with Gasteiger partial charge in [0, 0.05) is 18.2 Å². The predicted octanol–water partition coefficient (Wildman–Crippen LogP) is 2.12. The zero-order valence-corrected chi connectivity index (χ0v) is 12.1. The number of carbonyl (C=O) groups excluding carboxylic acids is 1. The van der Waals surface area contributed by atoms with Gasteiger partial charge in [-0.1, -0.05) is 0 Å². The van der Waals surface area contributed by atoms with Crippen LogP contribution in [-0.4, -0.2) is 29.9 Å². The fourth-order valence-electron chi connectivity index (χ4n) is 2.60. The van der Waals surface area contributed by atoms with E-state index in [1.54, 1.807) is 4.90 Å². The summed E-state index contributed by atoms with van der Waals surface area (Å²) in [6.07, 6.45) is 0.763. The highest BCUT2D eigenvalue weighted by atomic mass is 35.5. The van der Waals surface area contributed by atoms with Crippen molar-refractivity contribution in [3.63, 3.8) is 0 Å². The Morgan fingerprint density at radius 1 is 1.45 bits per heavy atom. The third-order valence-corrected chi connectivity index (χ3v) is 3.66. The van der Waals surface area contributed by atoms with Crippen LogP contribution in [0.2, 0.25) is 0 Å². The van der Waals surface area contributed by atoms with Crippen LogP contribution in [0.1, 0.15) is 18.9 Å². The molecule has 0 saturated carbocycles. The van der Waals surface area contributed by atoms with Crippen molar-refractivity contribution in [1.29, 1.82) is 0 Å². The predicted molar refractivity (Wildman–Crippen MR) is 75.6 cm³/mol. The Labute approximate surface area is 123 Å². The topological polar surface area (TPSA) is 46.3 Å². The van der Waals surface area contributed by atoms with Gasteiger partial charge in [0.25, 0.3) is 0 Å². The molecular weight excluding hydrogens is 286 g/mol. The SMILES string of the molecule is CC1CC(CN)CN1C(=O)Cc1cc(F)ccc1F.Cl. The molecule has 2 unspecified atom stereocenters. The first-order valence-corrected chi connectivity index (χ1v) is 6.44. The first-order valence-electron chi connectivity index (χ1n) is 6.44. The molecule has 1 fully saturated rings. The average Bonchev–Trinajstić information content (AvgIpc) is 2.75. The lowest BCUT2D eigenvalue weighted by Gasteiger charge is -2.21. The highest BCUT2D eigenvalue weighted by molar-refractivity contribution is 5.85. The molecule has 0 aliphatic carbocycles. The van der Waals surface area contributed by atoms with Crippen molar-refractivity contribution in [3.05, 3.63) is 35.4 Å². The van der Waals surface area contributed by atoms with Crippen LogP contribution in [0.4, 0.5) is 8.78 Å². The van der Waals surface area contributed by atoms with E-state index >= 15 is 0 Å². The molecule has 6 heteroatoms. The summed E-state index contributed by atoms with van der Waals surface area (Å²) in [4.78, 5) is 13.9. The van der Waals surface area contributed by atoms with Gasteiger partial charge in [0.05, 0.1) is 6.42 Å². The molecule has 1 aliphatic rings. The molecule has 2 rings (SSSR count). The van der Waals surface area contributed by atoms with Gasteiger partial charge in [-0.05, 0) is 44.0 Å². The standard InChI is InChI=1S/C14H18F2N2O.ClH/c1-9-4-10(7-17)8-18(9)14(19)6-11-5-12(15)2-3-13(11)16;/h2-3,5,9-10H,4,6-8,17H2,1H3;1H. The van der Waals surface area contributed by atoms with Gasteiger partial charge in [-0.2, -0.15) is 0 Å². The maximum atomic E-state index is 13.5. The number of carbonyl (C=O) groups is 1. The summed E-state index contributed by atoms with van der Waals surface area (Å²) in [7, 11) is 0. The maximum absolute atomic E-state index is 13.5. The lowest BCUT2D eigenvalue weighted by molar-refractivity contribution is -0.131. The van der Waals surface area contributed by atoms with Gasteiger partial charge in [-0.25, -0.2) is 8.78 Å². The molecule has 20 heavy (non-hydrogen) atoms. The molecular formula is C14H19ClF2N2O. The van der Waals surface area contributed by atoms with Gasteiger partial charge in [0.15, 0.2) is 0 Å². The fourth-order valence-corrected chi connectivity index (χ4v) is 2.60. The lowest BCUT2D eigenvalue weighted by Crippen LogP contribution is -2.35. The monoisotopic (exact) mass is 304 g/mol. The van der Waals surface area contributed by atoms with Crippen molar-refractivity contribution >= 4 is 18.3 Å². The molecule has 1 aromatic carbocycles.